The summed E-state index contributed by atoms with van der Waals surface area (Å²) in [4.78, 5) is 38.2. The molecule has 1 fully saturated rings. The zero-order valence-corrected chi connectivity index (χ0v) is 16.9. The third-order valence-corrected chi connectivity index (χ3v) is 4.61. The summed E-state index contributed by atoms with van der Waals surface area (Å²) in [7, 11) is 0. The van der Waals surface area contributed by atoms with Crippen LogP contribution in [0, 0.1) is 0 Å². The van der Waals surface area contributed by atoms with Crippen molar-refractivity contribution in [2.24, 2.45) is 0 Å². The number of amides is 3. The molecule has 8 heteroatoms. The Hall–Kier alpha value is -3.39. The van der Waals surface area contributed by atoms with Crippen molar-refractivity contribution in [2.45, 2.75) is 13.3 Å². The van der Waals surface area contributed by atoms with Crippen molar-refractivity contribution in [3.63, 3.8) is 0 Å². The first-order valence-corrected chi connectivity index (χ1v) is 9.96. The largest absolute Gasteiger partial charge is 0.378 e. The van der Waals surface area contributed by atoms with E-state index in [-0.39, 0.29) is 24.3 Å². The summed E-state index contributed by atoms with van der Waals surface area (Å²) in [5, 5.41) is 8.61. The van der Waals surface area contributed by atoms with E-state index in [0.717, 1.165) is 5.69 Å². The minimum Gasteiger partial charge on any atom is -0.378 e. The molecule has 2 aromatic rings. The topological polar surface area (TPSA) is 99.8 Å². The molecule has 0 spiro atoms. The first-order valence-electron chi connectivity index (χ1n) is 9.96. The smallest absolute Gasteiger partial charge is 0.254 e. The van der Waals surface area contributed by atoms with Crippen molar-refractivity contribution < 1.29 is 19.1 Å². The second-order valence-corrected chi connectivity index (χ2v) is 6.87. The highest BCUT2D eigenvalue weighted by molar-refractivity contribution is 5.98. The average Bonchev–Trinajstić information content (AvgIpc) is 2.78. The number of benzene rings is 2. The van der Waals surface area contributed by atoms with Crippen LogP contribution in [0.4, 0.5) is 17.1 Å². The number of hydrogen-bond acceptors (Lipinski definition) is 5. The van der Waals surface area contributed by atoms with Gasteiger partial charge in [-0.2, -0.15) is 0 Å². The molecule has 3 N–H and O–H groups in total. The summed E-state index contributed by atoms with van der Waals surface area (Å²) in [6.07, 6.45) is 0.396. The maximum absolute atomic E-state index is 12.6. The van der Waals surface area contributed by atoms with Gasteiger partial charge in [0.15, 0.2) is 0 Å². The molecule has 3 rings (SSSR count). The van der Waals surface area contributed by atoms with Crippen LogP contribution < -0.4 is 16.0 Å². The molecule has 0 bridgehead atoms. The van der Waals surface area contributed by atoms with Crippen molar-refractivity contribution in [2.75, 3.05) is 48.8 Å². The molecule has 1 saturated heterocycles. The quantitative estimate of drug-likeness (QED) is 0.651. The van der Waals surface area contributed by atoms with Gasteiger partial charge in [-0.25, -0.2) is 0 Å². The minimum absolute atomic E-state index is 0.0484. The SMILES string of the molecule is CCC(=O)Nc1cccc(NCC(=O)Nc2cccc(C(=O)N3CCOCC3)c2)c1. The van der Waals surface area contributed by atoms with Crippen LogP contribution in [0.1, 0.15) is 23.7 Å². The maximum atomic E-state index is 12.6. The fourth-order valence-electron chi connectivity index (χ4n) is 3.02. The van der Waals surface area contributed by atoms with Gasteiger partial charge < -0.3 is 25.6 Å². The molecule has 0 unspecified atom stereocenters. The van der Waals surface area contributed by atoms with Crippen molar-refractivity contribution in [3.8, 4) is 0 Å². The number of carbonyl (C=O) groups is 3. The summed E-state index contributed by atoms with van der Waals surface area (Å²) in [6.45, 7) is 4.04. The molecule has 0 aromatic heterocycles. The van der Waals surface area contributed by atoms with E-state index >= 15 is 0 Å². The van der Waals surface area contributed by atoms with Gasteiger partial charge in [0.1, 0.15) is 0 Å². The van der Waals surface area contributed by atoms with E-state index in [1.54, 1.807) is 54.3 Å². The minimum atomic E-state index is -0.242. The monoisotopic (exact) mass is 410 g/mol. The molecule has 1 heterocycles. The zero-order chi connectivity index (χ0) is 21.3. The number of rotatable bonds is 7. The number of nitrogens with zero attached hydrogens (tertiary/aromatic N) is 1. The Labute approximate surface area is 175 Å². The van der Waals surface area contributed by atoms with Gasteiger partial charge in [-0.15, -0.1) is 0 Å². The van der Waals surface area contributed by atoms with Crippen LogP contribution in [0.25, 0.3) is 0 Å². The summed E-state index contributed by atoms with van der Waals surface area (Å²) in [5.74, 6) is -0.385. The summed E-state index contributed by atoms with van der Waals surface area (Å²) in [5.41, 5.74) is 2.48. The molecular weight excluding hydrogens is 384 g/mol. The van der Waals surface area contributed by atoms with Gasteiger partial charge in [-0.05, 0) is 36.4 Å². The van der Waals surface area contributed by atoms with Gasteiger partial charge in [0.05, 0.1) is 19.8 Å². The Balaban J connectivity index is 1.54. The van der Waals surface area contributed by atoms with Gasteiger partial charge in [-0.3, -0.25) is 14.4 Å². The van der Waals surface area contributed by atoms with E-state index in [0.29, 0.717) is 49.7 Å². The average molecular weight is 410 g/mol. The van der Waals surface area contributed by atoms with Crippen molar-refractivity contribution in [1.82, 2.24) is 4.90 Å². The van der Waals surface area contributed by atoms with Gasteiger partial charge in [0.2, 0.25) is 11.8 Å². The van der Waals surface area contributed by atoms with Crippen LogP contribution in [-0.4, -0.2) is 55.5 Å². The molecule has 2 aromatic carbocycles. The molecule has 30 heavy (non-hydrogen) atoms. The standard InChI is InChI=1S/C22H26N4O4/c1-2-20(27)24-19-8-4-6-17(14-19)23-15-21(28)25-18-7-3-5-16(13-18)22(29)26-9-11-30-12-10-26/h3-8,13-14,23H,2,9-12,15H2,1H3,(H,24,27)(H,25,28). The fraction of sp³-hybridized carbons (Fsp3) is 0.318. The first kappa shape index (κ1) is 21.3. The maximum Gasteiger partial charge on any atom is 0.254 e. The lowest BCUT2D eigenvalue weighted by Gasteiger charge is -2.27. The fourth-order valence-corrected chi connectivity index (χ4v) is 3.02. The lowest BCUT2D eigenvalue weighted by molar-refractivity contribution is -0.116. The van der Waals surface area contributed by atoms with Crippen molar-refractivity contribution in [3.05, 3.63) is 54.1 Å². The third kappa shape index (κ3) is 6.05. The predicted octanol–water partition coefficient (Wildman–Crippen LogP) is 2.56. The Bertz CT molecular complexity index is 910. The zero-order valence-electron chi connectivity index (χ0n) is 16.9. The van der Waals surface area contributed by atoms with Gasteiger partial charge in [0.25, 0.3) is 5.91 Å². The van der Waals surface area contributed by atoms with Crippen LogP contribution in [-0.2, 0) is 14.3 Å². The number of hydrogen-bond donors (Lipinski definition) is 3. The Morgan fingerprint density at radius 3 is 2.27 bits per heavy atom. The number of carbonyl (C=O) groups excluding carboxylic acids is 3. The molecule has 0 saturated carbocycles. The molecular formula is C22H26N4O4. The van der Waals surface area contributed by atoms with Crippen molar-refractivity contribution >= 4 is 34.8 Å². The van der Waals surface area contributed by atoms with E-state index in [4.69, 9.17) is 4.74 Å². The lowest BCUT2D eigenvalue weighted by atomic mass is 10.1. The van der Waals surface area contributed by atoms with E-state index in [1.807, 2.05) is 6.07 Å². The van der Waals surface area contributed by atoms with E-state index < -0.39 is 0 Å². The van der Waals surface area contributed by atoms with Gasteiger partial charge in [-0.1, -0.05) is 19.1 Å². The highest BCUT2D eigenvalue weighted by atomic mass is 16.5. The number of nitrogens with one attached hydrogen (secondary N) is 3. The Kier molecular flexibility index (Phi) is 7.40. The second-order valence-electron chi connectivity index (χ2n) is 6.87. The van der Waals surface area contributed by atoms with Crippen LogP contribution >= 0.6 is 0 Å². The second kappa shape index (κ2) is 10.4. The van der Waals surface area contributed by atoms with Gasteiger partial charge in [0, 0.05) is 42.1 Å². The molecule has 158 valence electrons. The molecule has 3 amide bonds. The van der Waals surface area contributed by atoms with Crippen LogP contribution in [0.2, 0.25) is 0 Å². The molecule has 8 nitrogen and oxygen atoms in total. The van der Waals surface area contributed by atoms with Gasteiger partial charge >= 0.3 is 0 Å². The number of morpholine rings is 1. The van der Waals surface area contributed by atoms with E-state index in [2.05, 4.69) is 16.0 Å². The van der Waals surface area contributed by atoms with E-state index in [9.17, 15) is 14.4 Å². The molecule has 1 aliphatic rings. The van der Waals surface area contributed by atoms with E-state index in [1.165, 1.54) is 0 Å². The Morgan fingerprint density at radius 2 is 1.53 bits per heavy atom. The first-order chi connectivity index (χ1) is 14.5. The number of anilines is 3. The summed E-state index contributed by atoms with van der Waals surface area (Å²) >= 11 is 0. The lowest BCUT2D eigenvalue weighted by Crippen LogP contribution is -2.40. The van der Waals surface area contributed by atoms with Crippen LogP contribution in [0.3, 0.4) is 0 Å². The molecule has 0 aliphatic carbocycles. The highest BCUT2D eigenvalue weighted by Gasteiger charge is 2.18. The van der Waals surface area contributed by atoms with Crippen LogP contribution in [0.15, 0.2) is 48.5 Å². The predicted molar refractivity (Wildman–Crippen MR) is 116 cm³/mol. The number of ether oxygens (including phenoxy) is 1. The van der Waals surface area contributed by atoms with Crippen molar-refractivity contribution in [1.29, 1.82) is 0 Å². The molecule has 0 radical (unpaired) electrons. The normalized spacial score (nSPS) is 13.4. The highest BCUT2D eigenvalue weighted by Crippen LogP contribution is 2.16. The molecule has 0 atom stereocenters. The summed E-state index contributed by atoms with van der Waals surface area (Å²) < 4.78 is 5.28. The third-order valence-electron chi connectivity index (χ3n) is 4.61. The Morgan fingerprint density at radius 1 is 0.900 bits per heavy atom. The molecule has 1 aliphatic heterocycles. The summed E-state index contributed by atoms with van der Waals surface area (Å²) in [6, 6.07) is 14.1. The van der Waals surface area contributed by atoms with Crippen LogP contribution in [0.5, 0.6) is 0 Å².